The van der Waals surface area contributed by atoms with Crippen LogP contribution in [0.1, 0.15) is 12.8 Å². The zero-order chi connectivity index (χ0) is 8.81. The normalized spacial score (nSPS) is 14.4. The summed E-state index contributed by atoms with van der Waals surface area (Å²) in [5, 5.41) is 0. The molecule has 0 heterocycles. The molecular formula is C10H11BrO. The molecule has 0 bridgehead atoms. The van der Waals surface area contributed by atoms with E-state index in [1.807, 2.05) is 30.3 Å². The minimum absolute atomic E-state index is 0.454. The molecule has 1 saturated carbocycles. The molecular weight excluding hydrogens is 216 g/mol. The molecule has 0 amide bonds. The molecule has 12 heavy (non-hydrogen) atoms. The molecule has 1 fully saturated rings. The number of benzene rings is 1. The quantitative estimate of drug-likeness (QED) is 0.674. The fraction of sp³-hybridized carbons (Fsp3) is 0.300. The van der Waals surface area contributed by atoms with Crippen LogP contribution in [-0.4, -0.2) is 6.29 Å². The Kier molecular flexibility index (Phi) is 4.01. The molecule has 0 saturated heterocycles. The Labute approximate surface area is 80.9 Å². The summed E-state index contributed by atoms with van der Waals surface area (Å²) >= 11 is 3.31. The standard InChI is InChI=1S/C6H5Br.C4H6O/c7-6-4-2-1-3-5-6;5-3-4-1-2-4/h1-5H;3-4H,1-2H2. The molecule has 2 heteroatoms. The van der Waals surface area contributed by atoms with Crippen LogP contribution in [0.4, 0.5) is 0 Å². The Morgan fingerprint density at radius 2 is 1.83 bits per heavy atom. The van der Waals surface area contributed by atoms with Crippen LogP contribution in [0.3, 0.4) is 0 Å². The molecule has 0 spiro atoms. The number of halogens is 1. The first-order chi connectivity index (χ1) is 5.83. The van der Waals surface area contributed by atoms with Crippen molar-refractivity contribution in [2.45, 2.75) is 12.8 Å². The van der Waals surface area contributed by atoms with Crippen molar-refractivity contribution in [2.24, 2.45) is 5.92 Å². The Morgan fingerprint density at radius 3 is 2.00 bits per heavy atom. The number of carbonyl (C=O) groups excluding carboxylic acids is 1. The monoisotopic (exact) mass is 226 g/mol. The van der Waals surface area contributed by atoms with E-state index >= 15 is 0 Å². The largest absolute Gasteiger partial charge is 0.303 e. The van der Waals surface area contributed by atoms with Gasteiger partial charge in [-0.1, -0.05) is 34.1 Å². The molecule has 0 radical (unpaired) electrons. The first-order valence-corrected chi connectivity index (χ1v) is 4.78. The Balaban J connectivity index is 0.000000127. The maximum absolute atomic E-state index is 9.57. The number of hydrogen-bond donors (Lipinski definition) is 0. The fourth-order valence-corrected chi connectivity index (χ4v) is 0.952. The van der Waals surface area contributed by atoms with Crippen molar-refractivity contribution < 1.29 is 4.79 Å². The lowest BCUT2D eigenvalue weighted by Crippen LogP contribution is -1.66. The third-order valence-electron chi connectivity index (χ3n) is 1.55. The van der Waals surface area contributed by atoms with Gasteiger partial charge in [-0.15, -0.1) is 0 Å². The average Bonchev–Trinajstić information content (AvgIpc) is 2.89. The van der Waals surface area contributed by atoms with Crippen molar-refractivity contribution >= 4 is 22.2 Å². The van der Waals surface area contributed by atoms with Gasteiger partial charge in [0.05, 0.1) is 0 Å². The minimum atomic E-state index is 0.454. The van der Waals surface area contributed by atoms with Gasteiger partial charge >= 0.3 is 0 Å². The SMILES string of the molecule is Brc1ccccc1.O=CC1CC1. The summed E-state index contributed by atoms with van der Waals surface area (Å²) in [6, 6.07) is 9.97. The van der Waals surface area contributed by atoms with Crippen LogP contribution in [0.2, 0.25) is 0 Å². The number of rotatable bonds is 1. The van der Waals surface area contributed by atoms with E-state index in [0.717, 1.165) is 23.6 Å². The van der Waals surface area contributed by atoms with Gasteiger partial charge in [0.1, 0.15) is 6.29 Å². The summed E-state index contributed by atoms with van der Waals surface area (Å²) in [6.07, 6.45) is 3.31. The molecule has 0 unspecified atom stereocenters. The predicted molar refractivity (Wildman–Crippen MR) is 52.9 cm³/mol. The second-order valence-corrected chi connectivity index (χ2v) is 3.68. The zero-order valence-corrected chi connectivity index (χ0v) is 8.33. The average molecular weight is 227 g/mol. The van der Waals surface area contributed by atoms with Crippen LogP contribution in [0.15, 0.2) is 34.8 Å². The highest BCUT2D eigenvalue weighted by atomic mass is 79.9. The van der Waals surface area contributed by atoms with E-state index in [2.05, 4.69) is 15.9 Å². The molecule has 0 aromatic heterocycles. The lowest BCUT2D eigenvalue weighted by molar-refractivity contribution is -0.108. The third-order valence-corrected chi connectivity index (χ3v) is 2.08. The fourth-order valence-electron chi connectivity index (χ4n) is 0.647. The first-order valence-electron chi connectivity index (χ1n) is 3.99. The summed E-state index contributed by atoms with van der Waals surface area (Å²) in [6.45, 7) is 0. The summed E-state index contributed by atoms with van der Waals surface area (Å²) in [4.78, 5) is 9.57. The molecule has 64 valence electrons. The highest BCUT2D eigenvalue weighted by Crippen LogP contribution is 2.25. The summed E-state index contributed by atoms with van der Waals surface area (Å²) in [5.74, 6) is 0.454. The molecule has 1 aromatic carbocycles. The number of aldehydes is 1. The van der Waals surface area contributed by atoms with Gasteiger partial charge in [-0.3, -0.25) is 0 Å². The number of hydrogen-bond acceptors (Lipinski definition) is 1. The maximum atomic E-state index is 9.57. The van der Waals surface area contributed by atoms with Gasteiger partial charge in [-0.05, 0) is 25.0 Å². The van der Waals surface area contributed by atoms with Crippen LogP contribution in [0, 0.1) is 5.92 Å². The molecule has 1 aliphatic carbocycles. The van der Waals surface area contributed by atoms with Crippen LogP contribution >= 0.6 is 15.9 Å². The van der Waals surface area contributed by atoms with Gasteiger partial charge in [-0.2, -0.15) is 0 Å². The third kappa shape index (κ3) is 4.29. The van der Waals surface area contributed by atoms with Crippen molar-refractivity contribution in [1.29, 1.82) is 0 Å². The van der Waals surface area contributed by atoms with E-state index in [1.54, 1.807) is 0 Å². The van der Waals surface area contributed by atoms with Crippen molar-refractivity contribution in [3.05, 3.63) is 34.8 Å². The second kappa shape index (κ2) is 5.09. The molecule has 1 nitrogen and oxygen atoms in total. The van der Waals surface area contributed by atoms with Crippen LogP contribution in [0.25, 0.3) is 0 Å². The van der Waals surface area contributed by atoms with Crippen molar-refractivity contribution in [3.8, 4) is 0 Å². The molecule has 2 rings (SSSR count). The van der Waals surface area contributed by atoms with Gasteiger partial charge in [0.15, 0.2) is 0 Å². The molecule has 1 aliphatic rings. The van der Waals surface area contributed by atoms with Gasteiger partial charge in [0.2, 0.25) is 0 Å². The summed E-state index contributed by atoms with van der Waals surface area (Å²) < 4.78 is 1.13. The second-order valence-electron chi connectivity index (χ2n) is 2.77. The van der Waals surface area contributed by atoms with Crippen LogP contribution < -0.4 is 0 Å². The van der Waals surface area contributed by atoms with Crippen molar-refractivity contribution in [2.75, 3.05) is 0 Å². The lowest BCUT2D eigenvalue weighted by Gasteiger charge is -1.80. The van der Waals surface area contributed by atoms with Gasteiger partial charge in [0.25, 0.3) is 0 Å². The highest BCUT2D eigenvalue weighted by Gasteiger charge is 2.18. The smallest absolute Gasteiger partial charge is 0.123 e. The number of carbonyl (C=O) groups is 1. The minimum Gasteiger partial charge on any atom is -0.303 e. The summed E-state index contributed by atoms with van der Waals surface area (Å²) in [5.41, 5.74) is 0. The van der Waals surface area contributed by atoms with Crippen LogP contribution in [-0.2, 0) is 4.79 Å². The highest BCUT2D eigenvalue weighted by molar-refractivity contribution is 9.10. The molecule has 0 atom stereocenters. The van der Waals surface area contributed by atoms with E-state index in [0.29, 0.717) is 5.92 Å². The van der Waals surface area contributed by atoms with E-state index in [-0.39, 0.29) is 0 Å². The van der Waals surface area contributed by atoms with E-state index in [4.69, 9.17) is 0 Å². The Morgan fingerprint density at radius 1 is 1.25 bits per heavy atom. The first kappa shape index (κ1) is 9.46. The Hall–Kier alpha value is -0.630. The lowest BCUT2D eigenvalue weighted by atomic mass is 10.4. The zero-order valence-electron chi connectivity index (χ0n) is 6.74. The molecule has 0 N–H and O–H groups in total. The van der Waals surface area contributed by atoms with Crippen molar-refractivity contribution in [1.82, 2.24) is 0 Å². The van der Waals surface area contributed by atoms with E-state index < -0.39 is 0 Å². The Bertz CT molecular complexity index is 229. The van der Waals surface area contributed by atoms with Crippen LogP contribution in [0.5, 0.6) is 0 Å². The van der Waals surface area contributed by atoms with Gasteiger partial charge < -0.3 is 4.79 Å². The van der Waals surface area contributed by atoms with Crippen molar-refractivity contribution in [3.63, 3.8) is 0 Å². The van der Waals surface area contributed by atoms with E-state index in [1.165, 1.54) is 0 Å². The van der Waals surface area contributed by atoms with Gasteiger partial charge in [-0.25, -0.2) is 0 Å². The molecule has 0 aliphatic heterocycles. The van der Waals surface area contributed by atoms with Gasteiger partial charge in [0, 0.05) is 10.4 Å². The summed E-state index contributed by atoms with van der Waals surface area (Å²) in [7, 11) is 0. The molecule has 1 aromatic rings. The maximum Gasteiger partial charge on any atom is 0.123 e. The predicted octanol–water partition coefficient (Wildman–Crippen LogP) is 3.04. The van der Waals surface area contributed by atoms with E-state index in [9.17, 15) is 4.79 Å². The topological polar surface area (TPSA) is 17.1 Å².